The lowest BCUT2D eigenvalue weighted by Crippen LogP contribution is -2.15. The van der Waals surface area contributed by atoms with Crippen molar-refractivity contribution in [2.75, 3.05) is 45.9 Å². The van der Waals surface area contributed by atoms with Gasteiger partial charge in [-0.15, -0.1) is 0 Å². The van der Waals surface area contributed by atoms with Crippen LogP contribution in [-0.2, 0) is 0 Å². The van der Waals surface area contributed by atoms with Gasteiger partial charge in [0.1, 0.15) is 34.3 Å². The first-order valence-corrected chi connectivity index (χ1v) is 24.6. The minimum absolute atomic E-state index is 0.148. The molecule has 11 aromatic carbocycles. The molecule has 0 saturated heterocycles. The number of nitrogens with one attached hydrogen (secondary N) is 2. The second kappa shape index (κ2) is 15.6. The maximum absolute atomic E-state index is 15.7. The summed E-state index contributed by atoms with van der Waals surface area (Å²) in [6.07, 6.45) is 0. The summed E-state index contributed by atoms with van der Waals surface area (Å²) in [5.41, 5.74) is 57.5. The minimum atomic E-state index is -0.371. The van der Waals surface area contributed by atoms with Crippen molar-refractivity contribution in [1.82, 2.24) is 18.8 Å². The predicted octanol–water partition coefficient (Wildman–Crippen LogP) is 11.5. The Morgan fingerprint density at radius 2 is 0.603 bits per heavy atom. The molecule has 0 amide bonds. The first-order chi connectivity index (χ1) is 37.8. The number of nitrogen functional groups attached to an aromatic ring is 8. The maximum Gasteiger partial charge on any atom is 0.264 e. The van der Waals surface area contributed by atoms with Gasteiger partial charge in [-0.3, -0.25) is 18.4 Å². The molecular weight excluding hydrogens is 985 g/mol. The van der Waals surface area contributed by atoms with Gasteiger partial charge in [0.2, 0.25) is 0 Å². The first kappa shape index (κ1) is 44.1. The molecule has 0 fully saturated rings. The van der Waals surface area contributed by atoms with Crippen molar-refractivity contribution < 1.29 is 18.9 Å². The van der Waals surface area contributed by atoms with Gasteiger partial charge in [0, 0.05) is 53.9 Å². The number of H-pyrrole nitrogens is 2. The van der Waals surface area contributed by atoms with E-state index in [-0.39, 0.29) is 113 Å². The Morgan fingerprint density at radius 1 is 0.308 bits per heavy atom. The van der Waals surface area contributed by atoms with Crippen LogP contribution in [0.2, 0.25) is 0 Å². The van der Waals surface area contributed by atoms with Gasteiger partial charge >= 0.3 is 0 Å². The normalized spacial score (nSPS) is 12.1. The molecule has 18 nitrogen and oxygen atoms in total. The van der Waals surface area contributed by atoms with Crippen molar-refractivity contribution in [3.05, 3.63) is 166 Å². The molecule has 4 heterocycles. The first-order valence-electron chi connectivity index (χ1n) is 24.6. The molecule has 15 rings (SSSR count). The van der Waals surface area contributed by atoms with Crippen molar-refractivity contribution in [3.63, 3.8) is 0 Å². The van der Waals surface area contributed by atoms with E-state index < -0.39 is 0 Å². The highest BCUT2D eigenvalue weighted by Gasteiger charge is 2.33. The number of hydrogen-bond acceptors (Lipinski definition) is 14. The zero-order chi connectivity index (χ0) is 53.2. The van der Waals surface area contributed by atoms with E-state index in [0.29, 0.717) is 87.2 Å². The Bertz CT molecular complexity index is 4930. The fourth-order valence-corrected chi connectivity index (χ4v) is 11.5. The Balaban J connectivity index is 1.27. The molecule has 0 aliphatic heterocycles. The molecule has 18 heteroatoms. The third-order valence-corrected chi connectivity index (χ3v) is 15.1. The number of para-hydroxylation sites is 8. The number of aromatic nitrogens is 4. The number of pyridine rings is 2. The summed E-state index contributed by atoms with van der Waals surface area (Å²) in [4.78, 5) is 38.4. The van der Waals surface area contributed by atoms with Crippen LogP contribution in [0.15, 0.2) is 155 Å². The average Bonchev–Trinajstić information content (AvgIpc) is 2.75. The third-order valence-electron chi connectivity index (χ3n) is 15.1. The molecular formula is C60H42N12O6. The SMILES string of the molecule is Nc1cccc(Oc2cc3c(=O)n4c5ccccc5[nH]c4c4cc(Oc5cccc(N)c5N)c5c6c(Oc7cccc(N)c7N)cc7c8c(cc(Oc9cccc(N)c9N)c(c2c5c34)c68)c(=O)n2c3ccccc3[nH]c72)c1N. The molecule has 0 spiro atoms. The van der Waals surface area contributed by atoms with Crippen LogP contribution in [0.1, 0.15) is 0 Å². The molecule has 18 N–H and O–H groups in total. The number of ether oxygens (including phenoxy) is 4. The molecule has 4 aromatic heterocycles. The van der Waals surface area contributed by atoms with E-state index in [9.17, 15) is 0 Å². The van der Waals surface area contributed by atoms with Crippen molar-refractivity contribution in [2.45, 2.75) is 0 Å². The van der Waals surface area contributed by atoms with Gasteiger partial charge in [-0.1, -0.05) is 48.5 Å². The molecule has 15 aromatic rings. The van der Waals surface area contributed by atoms with Gasteiger partial charge in [-0.2, -0.15) is 0 Å². The molecule has 0 saturated carbocycles. The summed E-state index contributed by atoms with van der Waals surface area (Å²) in [6, 6.07) is 42.5. The van der Waals surface area contributed by atoms with Gasteiger partial charge < -0.3 is 74.8 Å². The lowest BCUT2D eigenvalue weighted by atomic mass is 9.84. The maximum atomic E-state index is 15.7. The average molecular weight is 1030 g/mol. The number of nitrogens with two attached hydrogens (primary N) is 8. The smallest absolute Gasteiger partial charge is 0.264 e. The van der Waals surface area contributed by atoms with Crippen molar-refractivity contribution in [3.8, 4) is 46.0 Å². The molecule has 0 bridgehead atoms. The highest BCUT2D eigenvalue weighted by Crippen LogP contribution is 2.58. The van der Waals surface area contributed by atoms with Crippen LogP contribution in [0, 0.1) is 0 Å². The Morgan fingerprint density at radius 3 is 0.923 bits per heavy atom. The zero-order valence-electron chi connectivity index (χ0n) is 40.8. The number of rotatable bonds is 8. The quantitative estimate of drug-likeness (QED) is 0.0384. The molecule has 0 unspecified atom stereocenters. The number of aromatic amines is 2. The highest BCUT2D eigenvalue weighted by atomic mass is 16.5. The van der Waals surface area contributed by atoms with Gasteiger partial charge in [0.25, 0.3) is 11.1 Å². The van der Waals surface area contributed by atoms with E-state index in [1.54, 1.807) is 93.7 Å². The second-order valence-corrected chi connectivity index (χ2v) is 19.4. The summed E-state index contributed by atoms with van der Waals surface area (Å²) in [6.45, 7) is 0. The highest BCUT2D eigenvalue weighted by molar-refractivity contribution is 6.45. The Kier molecular flexibility index (Phi) is 8.81. The molecule has 0 aliphatic carbocycles. The van der Waals surface area contributed by atoms with Gasteiger partial charge in [-0.05, 0) is 97.1 Å². The van der Waals surface area contributed by atoms with Crippen LogP contribution in [0.25, 0.3) is 98.0 Å². The number of benzene rings is 11. The number of fused-ring (bicyclic) bond motifs is 10. The van der Waals surface area contributed by atoms with E-state index in [1.807, 2.05) is 60.7 Å². The molecule has 78 heavy (non-hydrogen) atoms. The number of hydrogen-bond donors (Lipinski definition) is 10. The molecule has 0 aliphatic rings. The number of imidazole rings is 2. The summed E-state index contributed by atoms with van der Waals surface area (Å²) in [5.74, 6) is 1.62. The van der Waals surface area contributed by atoms with Crippen LogP contribution in [0.5, 0.6) is 46.0 Å². The lowest BCUT2D eigenvalue weighted by Gasteiger charge is -2.26. The summed E-state index contributed by atoms with van der Waals surface area (Å²) >= 11 is 0. The van der Waals surface area contributed by atoms with Crippen LogP contribution in [0.4, 0.5) is 45.5 Å². The Hall–Kier alpha value is -11.4. The summed E-state index contributed by atoms with van der Waals surface area (Å²) in [5, 5.41) is 5.18. The monoisotopic (exact) mass is 1030 g/mol. The van der Waals surface area contributed by atoms with E-state index >= 15 is 9.59 Å². The van der Waals surface area contributed by atoms with E-state index in [0.717, 1.165) is 0 Å². The van der Waals surface area contributed by atoms with Crippen molar-refractivity contribution in [1.29, 1.82) is 0 Å². The fraction of sp³-hybridized carbons (Fsp3) is 0. The van der Waals surface area contributed by atoms with Crippen LogP contribution >= 0.6 is 0 Å². The van der Waals surface area contributed by atoms with Gasteiger partial charge in [-0.25, -0.2) is 0 Å². The van der Waals surface area contributed by atoms with Gasteiger partial charge in [0.05, 0.1) is 78.3 Å². The predicted molar refractivity (Wildman–Crippen MR) is 313 cm³/mol. The lowest BCUT2D eigenvalue weighted by molar-refractivity contribution is 0.486. The van der Waals surface area contributed by atoms with Crippen LogP contribution in [-0.4, -0.2) is 18.8 Å². The van der Waals surface area contributed by atoms with Crippen molar-refractivity contribution in [2.24, 2.45) is 0 Å². The number of nitrogens with zero attached hydrogens (tertiary/aromatic N) is 2. The van der Waals surface area contributed by atoms with Crippen LogP contribution < -0.4 is 75.9 Å². The standard InChI is InChI=1S/C60H42N12O6/c61-29-9-5-17-37(53(29)65)75-41-21-25-45-27(59(73)71-35-15-3-1-13-33(35)69-57(25)71)23-43(77-39-19-7-11-31(63)55(39)67)49-50-44(78-40-20-8-12-32(64)56(40)68)24-28-46-26(58-70-34-14-2-4-16-36(34)72(58)60(28)74)22-42(48(52(46)50)47(41)51(45)49)76-38-18-6-10-30(62)54(38)66/h1-24,69-70H,61-68H2. The molecule has 378 valence electrons. The Labute approximate surface area is 437 Å². The zero-order valence-corrected chi connectivity index (χ0v) is 40.8. The second-order valence-electron chi connectivity index (χ2n) is 19.4. The van der Waals surface area contributed by atoms with E-state index in [1.165, 1.54) is 0 Å². The fourth-order valence-electron chi connectivity index (χ4n) is 11.5. The summed E-state index contributed by atoms with van der Waals surface area (Å²) in [7, 11) is 0. The minimum Gasteiger partial charge on any atom is -0.454 e. The van der Waals surface area contributed by atoms with Crippen molar-refractivity contribution >= 4 is 143 Å². The molecule has 0 radical (unpaired) electrons. The number of anilines is 8. The van der Waals surface area contributed by atoms with Gasteiger partial charge in [0.15, 0.2) is 23.0 Å². The van der Waals surface area contributed by atoms with Crippen LogP contribution in [0.3, 0.4) is 0 Å². The summed E-state index contributed by atoms with van der Waals surface area (Å²) < 4.78 is 31.8. The largest absolute Gasteiger partial charge is 0.454 e. The third kappa shape index (κ3) is 5.89. The van der Waals surface area contributed by atoms with E-state index in [2.05, 4.69) is 9.97 Å². The topological polar surface area (TPSA) is 320 Å². The molecule has 0 atom stereocenters. The van der Waals surface area contributed by atoms with E-state index in [4.69, 9.17) is 64.8 Å².